The van der Waals surface area contributed by atoms with Gasteiger partial charge in [0.25, 0.3) is 0 Å². The summed E-state index contributed by atoms with van der Waals surface area (Å²) in [6, 6.07) is 9.16. The minimum Gasteiger partial charge on any atom is -0.387 e. The van der Waals surface area contributed by atoms with E-state index in [1.54, 1.807) is 23.5 Å². The first-order chi connectivity index (χ1) is 7.66. The van der Waals surface area contributed by atoms with Crippen molar-refractivity contribution in [2.24, 2.45) is 0 Å². The van der Waals surface area contributed by atoms with Crippen LogP contribution in [0.15, 0.2) is 35.7 Å². The van der Waals surface area contributed by atoms with Gasteiger partial charge in [0.2, 0.25) is 0 Å². The van der Waals surface area contributed by atoms with Crippen molar-refractivity contribution in [3.05, 3.63) is 56.2 Å². The molecule has 0 saturated carbocycles. The molecule has 1 aromatic heterocycles. The van der Waals surface area contributed by atoms with E-state index in [0.29, 0.717) is 16.5 Å². The number of hydrogen-bond donors (Lipinski definition) is 1. The van der Waals surface area contributed by atoms with Crippen molar-refractivity contribution >= 4 is 34.5 Å². The topological polar surface area (TPSA) is 20.2 Å². The number of aliphatic hydroxyl groups is 1. The lowest BCUT2D eigenvalue weighted by molar-refractivity contribution is 0.182. The minimum atomic E-state index is -0.501. The van der Waals surface area contributed by atoms with Crippen molar-refractivity contribution in [1.82, 2.24) is 0 Å². The van der Waals surface area contributed by atoms with Gasteiger partial charge in [-0.1, -0.05) is 35.3 Å². The van der Waals surface area contributed by atoms with Gasteiger partial charge >= 0.3 is 0 Å². The van der Waals surface area contributed by atoms with Gasteiger partial charge < -0.3 is 5.11 Å². The number of rotatable bonds is 3. The Morgan fingerprint density at radius 2 is 2.06 bits per heavy atom. The van der Waals surface area contributed by atoms with Crippen LogP contribution in [0.3, 0.4) is 0 Å². The molecule has 0 amide bonds. The first kappa shape index (κ1) is 11.9. The molecule has 1 atom stereocenters. The van der Waals surface area contributed by atoms with Gasteiger partial charge in [-0.05, 0) is 29.1 Å². The Balaban J connectivity index is 2.15. The molecule has 0 aliphatic heterocycles. The molecule has 1 heterocycles. The van der Waals surface area contributed by atoms with E-state index in [9.17, 15) is 5.11 Å². The van der Waals surface area contributed by atoms with E-state index in [-0.39, 0.29) is 0 Å². The van der Waals surface area contributed by atoms with Gasteiger partial charge in [0, 0.05) is 21.3 Å². The largest absolute Gasteiger partial charge is 0.387 e. The van der Waals surface area contributed by atoms with E-state index in [2.05, 4.69) is 0 Å². The van der Waals surface area contributed by atoms with Crippen LogP contribution in [-0.2, 0) is 6.42 Å². The Labute approximate surface area is 108 Å². The standard InChI is InChI=1S/C12H10Cl2OS/c13-9-4-3-8(10(14)7-9)6-11(15)12-2-1-5-16-12/h1-5,7,11,15H,6H2. The van der Waals surface area contributed by atoms with Crippen molar-refractivity contribution < 1.29 is 5.11 Å². The van der Waals surface area contributed by atoms with Gasteiger partial charge in [-0.25, -0.2) is 0 Å². The maximum atomic E-state index is 9.98. The molecule has 2 aromatic rings. The van der Waals surface area contributed by atoms with Crippen molar-refractivity contribution in [1.29, 1.82) is 0 Å². The second-order valence-electron chi connectivity index (χ2n) is 3.47. The lowest BCUT2D eigenvalue weighted by Gasteiger charge is -2.10. The van der Waals surface area contributed by atoms with Crippen LogP contribution in [-0.4, -0.2) is 5.11 Å². The van der Waals surface area contributed by atoms with Crippen LogP contribution in [0.4, 0.5) is 0 Å². The molecule has 0 aliphatic carbocycles. The Morgan fingerprint density at radius 3 is 2.69 bits per heavy atom. The van der Waals surface area contributed by atoms with Gasteiger partial charge in [0.05, 0.1) is 6.10 Å². The van der Waals surface area contributed by atoms with E-state index in [0.717, 1.165) is 10.4 Å². The van der Waals surface area contributed by atoms with Crippen LogP contribution >= 0.6 is 34.5 Å². The predicted molar refractivity (Wildman–Crippen MR) is 69.4 cm³/mol. The molecular weight excluding hydrogens is 263 g/mol. The van der Waals surface area contributed by atoms with Crippen molar-refractivity contribution in [2.45, 2.75) is 12.5 Å². The minimum absolute atomic E-state index is 0.501. The molecule has 84 valence electrons. The summed E-state index contributed by atoms with van der Waals surface area (Å²) in [5.74, 6) is 0. The van der Waals surface area contributed by atoms with Gasteiger partial charge in [-0.2, -0.15) is 0 Å². The highest BCUT2D eigenvalue weighted by Crippen LogP contribution is 2.27. The second kappa shape index (κ2) is 5.19. The van der Waals surface area contributed by atoms with Crippen LogP contribution in [0.1, 0.15) is 16.5 Å². The zero-order chi connectivity index (χ0) is 11.5. The summed E-state index contributed by atoms with van der Waals surface area (Å²) < 4.78 is 0. The van der Waals surface area contributed by atoms with Gasteiger partial charge in [0.15, 0.2) is 0 Å². The summed E-state index contributed by atoms with van der Waals surface area (Å²) in [7, 11) is 0. The van der Waals surface area contributed by atoms with Gasteiger partial charge in [-0.15, -0.1) is 11.3 Å². The molecule has 0 aliphatic rings. The SMILES string of the molecule is OC(Cc1ccc(Cl)cc1Cl)c1cccs1. The van der Waals surface area contributed by atoms with Crippen molar-refractivity contribution in [3.63, 3.8) is 0 Å². The third kappa shape index (κ3) is 2.77. The number of aliphatic hydroxyl groups excluding tert-OH is 1. The zero-order valence-corrected chi connectivity index (χ0v) is 10.7. The molecule has 0 spiro atoms. The Morgan fingerprint density at radius 1 is 1.25 bits per heavy atom. The Hall–Kier alpha value is -0.540. The predicted octanol–water partition coefficient (Wildman–Crippen LogP) is 4.33. The van der Waals surface area contributed by atoms with E-state index in [1.807, 2.05) is 23.6 Å². The summed E-state index contributed by atoms with van der Waals surface area (Å²) in [6.45, 7) is 0. The molecule has 1 N–H and O–H groups in total. The second-order valence-corrected chi connectivity index (χ2v) is 5.29. The van der Waals surface area contributed by atoms with Crippen LogP contribution in [0, 0.1) is 0 Å². The van der Waals surface area contributed by atoms with Crippen LogP contribution < -0.4 is 0 Å². The highest BCUT2D eigenvalue weighted by Gasteiger charge is 2.11. The third-order valence-electron chi connectivity index (χ3n) is 2.30. The van der Waals surface area contributed by atoms with Crippen LogP contribution in [0.2, 0.25) is 10.0 Å². The maximum absolute atomic E-state index is 9.98. The zero-order valence-electron chi connectivity index (χ0n) is 8.36. The van der Waals surface area contributed by atoms with E-state index >= 15 is 0 Å². The molecule has 16 heavy (non-hydrogen) atoms. The van der Waals surface area contributed by atoms with E-state index in [1.165, 1.54) is 0 Å². The molecule has 0 fully saturated rings. The van der Waals surface area contributed by atoms with Crippen molar-refractivity contribution in [2.75, 3.05) is 0 Å². The molecule has 1 unspecified atom stereocenters. The maximum Gasteiger partial charge on any atom is 0.0922 e. The fraction of sp³-hybridized carbons (Fsp3) is 0.167. The normalized spacial score (nSPS) is 12.7. The molecule has 0 radical (unpaired) electrons. The first-order valence-electron chi connectivity index (χ1n) is 4.82. The van der Waals surface area contributed by atoms with E-state index in [4.69, 9.17) is 23.2 Å². The highest BCUT2D eigenvalue weighted by molar-refractivity contribution is 7.10. The lowest BCUT2D eigenvalue weighted by Crippen LogP contribution is -2.00. The number of thiophene rings is 1. The fourth-order valence-electron chi connectivity index (χ4n) is 1.48. The summed E-state index contributed by atoms with van der Waals surface area (Å²) in [5.41, 5.74) is 0.909. The monoisotopic (exact) mass is 272 g/mol. The lowest BCUT2D eigenvalue weighted by atomic mass is 10.1. The first-order valence-corrected chi connectivity index (χ1v) is 6.46. The number of hydrogen-bond acceptors (Lipinski definition) is 2. The Bertz CT molecular complexity index is 468. The molecule has 0 bridgehead atoms. The van der Waals surface area contributed by atoms with Crippen LogP contribution in [0.25, 0.3) is 0 Å². The van der Waals surface area contributed by atoms with Crippen LogP contribution in [0.5, 0.6) is 0 Å². The van der Waals surface area contributed by atoms with E-state index < -0.39 is 6.10 Å². The smallest absolute Gasteiger partial charge is 0.0922 e. The average Bonchev–Trinajstić information content (AvgIpc) is 2.75. The molecule has 1 nitrogen and oxygen atoms in total. The molecular formula is C12H10Cl2OS. The molecule has 2 rings (SSSR count). The van der Waals surface area contributed by atoms with Gasteiger partial charge in [-0.3, -0.25) is 0 Å². The van der Waals surface area contributed by atoms with Crippen molar-refractivity contribution in [3.8, 4) is 0 Å². The fourth-order valence-corrected chi connectivity index (χ4v) is 2.67. The quantitative estimate of drug-likeness (QED) is 0.882. The molecule has 0 saturated heterocycles. The number of halogens is 2. The number of benzene rings is 1. The molecule has 4 heteroatoms. The third-order valence-corrected chi connectivity index (χ3v) is 3.86. The highest BCUT2D eigenvalue weighted by atomic mass is 35.5. The summed E-state index contributed by atoms with van der Waals surface area (Å²) in [4.78, 5) is 0.950. The Kier molecular flexibility index (Phi) is 3.87. The summed E-state index contributed by atoms with van der Waals surface area (Å²) in [5, 5.41) is 13.1. The average molecular weight is 273 g/mol. The van der Waals surface area contributed by atoms with Gasteiger partial charge in [0.1, 0.15) is 0 Å². The molecule has 1 aromatic carbocycles. The summed E-state index contributed by atoms with van der Waals surface area (Å²) >= 11 is 13.4. The summed E-state index contributed by atoms with van der Waals surface area (Å²) in [6.07, 6.45) is 0.00921.